The van der Waals surface area contributed by atoms with Gasteiger partial charge in [-0.3, -0.25) is 0 Å². The van der Waals surface area contributed by atoms with E-state index in [-0.39, 0.29) is 5.92 Å². The number of ether oxygens (including phenoxy) is 1. The summed E-state index contributed by atoms with van der Waals surface area (Å²) in [4.78, 5) is 0.700. The molecule has 1 fully saturated rings. The SMILES string of the molecule is CN(C)S(=O)c1ccccc1C(O)C1CCOCC1. The van der Waals surface area contributed by atoms with E-state index in [1.165, 1.54) is 0 Å². The Morgan fingerprint density at radius 1 is 1.32 bits per heavy atom. The Balaban J connectivity index is 2.25. The van der Waals surface area contributed by atoms with E-state index >= 15 is 0 Å². The van der Waals surface area contributed by atoms with Gasteiger partial charge in [0.15, 0.2) is 0 Å². The van der Waals surface area contributed by atoms with Crippen molar-refractivity contribution in [2.75, 3.05) is 27.3 Å². The molecular formula is C14H21NO3S. The monoisotopic (exact) mass is 283 g/mol. The summed E-state index contributed by atoms with van der Waals surface area (Å²) in [6.07, 6.45) is 1.14. The van der Waals surface area contributed by atoms with Gasteiger partial charge in [0, 0.05) is 13.2 Å². The third kappa shape index (κ3) is 3.42. The molecule has 0 bridgehead atoms. The highest BCUT2D eigenvalue weighted by atomic mass is 32.2. The molecule has 1 heterocycles. The standard InChI is InChI=1S/C14H21NO3S/c1-15(2)19(17)13-6-4-3-5-12(13)14(16)11-7-9-18-10-8-11/h3-6,11,14,16H,7-10H2,1-2H3. The molecule has 2 unspecified atom stereocenters. The Morgan fingerprint density at radius 2 is 1.95 bits per heavy atom. The average Bonchev–Trinajstić information content (AvgIpc) is 2.46. The Labute approximate surface area is 117 Å². The number of nitrogens with zero attached hydrogens (tertiary/aromatic N) is 1. The summed E-state index contributed by atoms with van der Waals surface area (Å²) in [7, 11) is 2.31. The molecule has 1 aliphatic heterocycles. The maximum Gasteiger partial charge on any atom is 0.127 e. The summed E-state index contributed by atoms with van der Waals surface area (Å²) in [5.41, 5.74) is 0.779. The second kappa shape index (κ2) is 6.61. The van der Waals surface area contributed by atoms with Crippen LogP contribution in [0.25, 0.3) is 0 Å². The molecule has 4 nitrogen and oxygen atoms in total. The van der Waals surface area contributed by atoms with Crippen LogP contribution in [-0.2, 0) is 15.7 Å². The number of hydrogen-bond donors (Lipinski definition) is 1. The Kier molecular flexibility index (Phi) is 5.10. The molecule has 0 amide bonds. The van der Waals surface area contributed by atoms with Crippen molar-refractivity contribution in [1.29, 1.82) is 0 Å². The van der Waals surface area contributed by atoms with Crippen molar-refractivity contribution in [2.45, 2.75) is 23.8 Å². The van der Waals surface area contributed by atoms with Gasteiger partial charge in [-0.1, -0.05) is 18.2 Å². The van der Waals surface area contributed by atoms with Crippen molar-refractivity contribution in [3.05, 3.63) is 29.8 Å². The van der Waals surface area contributed by atoms with Gasteiger partial charge in [0.05, 0.1) is 11.0 Å². The molecule has 1 aromatic rings. The van der Waals surface area contributed by atoms with E-state index in [0.717, 1.165) is 18.4 Å². The summed E-state index contributed by atoms with van der Waals surface area (Å²) in [6.45, 7) is 1.39. The fourth-order valence-electron chi connectivity index (χ4n) is 2.37. The zero-order valence-corrected chi connectivity index (χ0v) is 12.2. The molecule has 0 aromatic heterocycles. The van der Waals surface area contributed by atoms with E-state index in [0.29, 0.717) is 18.1 Å². The highest BCUT2D eigenvalue weighted by Gasteiger charge is 2.26. The van der Waals surface area contributed by atoms with Gasteiger partial charge in [0.25, 0.3) is 0 Å². The molecule has 106 valence electrons. The first-order valence-electron chi connectivity index (χ1n) is 6.55. The molecule has 0 spiro atoms. The van der Waals surface area contributed by atoms with Crippen LogP contribution in [0.15, 0.2) is 29.2 Å². The summed E-state index contributed by atoms with van der Waals surface area (Å²) in [5.74, 6) is 0.189. The highest BCUT2D eigenvalue weighted by molar-refractivity contribution is 7.82. The summed E-state index contributed by atoms with van der Waals surface area (Å²) in [6, 6.07) is 7.44. The molecule has 1 saturated heterocycles. The molecule has 0 saturated carbocycles. The fourth-order valence-corrected chi connectivity index (χ4v) is 3.34. The van der Waals surface area contributed by atoms with E-state index in [1.807, 2.05) is 24.3 Å². The average molecular weight is 283 g/mol. The minimum atomic E-state index is -1.23. The van der Waals surface area contributed by atoms with Gasteiger partial charge < -0.3 is 9.84 Å². The molecule has 19 heavy (non-hydrogen) atoms. The molecule has 1 N–H and O–H groups in total. The highest BCUT2D eigenvalue weighted by Crippen LogP contribution is 2.33. The normalized spacial score (nSPS) is 20.4. The first-order valence-corrected chi connectivity index (χ1v) is 7.66. The van der Waals surface area contributed by atoms with E-state index < -0.39 is 17.1 Å². The van der Waals surface area contributed by atoms with Gasteiger partial charge in [0.2, 0.25) is 0 Å². The quantitative estimate of drug-likeness (QED) is 0.915. The third-order valence-electron chi connectivity index (χ3n) is 3.47. The second-order valence-corrected chi connectivity index (χ2v) is 6.66. The van der Waals surface area contributed by atoms with Crippen LogP contribution in [0.2, 0.25) is 0 Å². The van der Waals surface area contributed by atoms with Crippen molar-refractivity contribution in [3.8, 4) is 0 Å². The lowest BCUT2D eigenvalue weighted by molar-refractivity contribution is 0.00617. The predicted octanol–water partition coefficient (Wildman–Crippen LogP) is 1.73. The number of aliphatic hydroxyl groups excluding tert-OH is 1. The minimum absolute atomic E-state index is 0.189. The van der Waals surface area contributed by atoms with Crippen LogP contribution in [-0.4, -0.2) is 40.9 Å². The van der Waals surface area contributed by atoms with Crippen LogP contribution < -0.4 is 0 Å². The predicted molar refractivity (Wildman–Crippen MR) is 75.0 cm³/mol. The van der Waals surface area contributed by atoms with Gasteiger partial charge in [0.1, 0.15) is 11.0 Å². The van der Waals surface area contributed by atoms with E-state index in [9.17, 15) is 9.32 Å². The van der Waals surface area contributed by atoms with Crippen molar-refractivity contribution in [3.63, 3.8) is 0 Å². The van der Waals surface area contributed by atoms with Crippen LogP contribution in [0.5, 0.6) is 0 Å². The van der Waals surface area contributed by atoms with Crippen LogP contribution in [0.1, 0.15) is 24.5 Å². The maximum atomic E-state index is 12.3. The number of rotatable bonds is 4. The lowest BCUT2D eigenvalue weighted by atomic mass is 9.89. The van der Waals surface area contributed by atoms with Gasteiger partial charge in [-0.25, -0.2) is 8.51 Å². The Morgan fingerprint density at radius 3 is 2.58 bits per heavy atom. The fraction of sp³-hybridized carbons (Fsp3) is 0.571. The van der Waals surface area contributed by atoms with Crippen LogP contribution >= 0.6 is 0 Å². The van der Waals surface area contributed by atoms with Crippen molar-refractivity contribution < 1.29 is 14.1 Å². The number of benzene rings is 1. The molecule has 5 heteroatoms. The van der Waals surface area contributed by atoms with E-state index in [4.69, 9.17) is 4.74 Å². The third-order valence-corrected chi connectivity index (χ3v) is 4.88. The summed E-state index contributed by atoms with van der Waals surface area (Å²) >= 11 is 0. The Bertz CT molecular complexity index is 444. The molecular weight excluding hydrogens is 262 g/mol. The summed E-state index contributed by atoms with van der Waals surface area (Å²) in [5, 5.41) is 10.5. The molecule has 0 aliphatic carbocycles. The molecule has 2 rings (SSSR count). The lowest BCUT2D eigenvalue weighted by Gasteiger charge is -2.28. The smallest absolute Gasteiger partial charge is 0.127 e. The first-order chi connectivity index (χ1) is 9.11. The van der Waals surface area contributed by atoms with E-state index in [1.54, 1.807) is 18.4 Å². The maximum absolute atomic E-state index is 12.3. The van der Waals surface area contributed by atoms with Crippen LogP contribution in [0, 0.1) is 5.92 Å². The second-order valence-electron chi connectivity index (χ2n) is 4.99. The van der Waals surface area contributed by atoms with Crippen molar-refractivity contribution in [1.82, 2.24) is 4.31 Å². The van der Waals surface area contributed by atoms with Crippen molar-refractivity contribution in [2.24, 2.45) is 5.92 Å². The van der Waals surface area contributed by atoms with Gasteiger partial charge in [-0.15, -0.1) is 0 Å². The molecule has 1 aliphatic rings. The topological polar surface area (TPSA) is 49.8 Å². The van der Waals surface area contributed by atoms with Crippen LogP contribution in [0.4, 0.5) is 0 Å². The zero-order valence-electron chi connectivity index (χ0n) is 11.4. The largest absolute Gasteiger partial charge is 0.388 e. The van der Waals surface area contributed by atoms with Gasteiger partial charge >= 0.3 is 0 Å². The number of hydrogen-bond acceptors (Lipinski definition) is 3. The molecule has 1 aromatic carbocycles. The zero-order chi connectivity index (χ0) is 13.8. The van der Waals surface area contributed by atoms with Gasteiger partial charge in [-0.05, 0) is 44.5 Å². The first kappa shape index (κ1) is 14.7. The summed E-state index contributed by atoms with van der Waals surface area (Å²) < 4.78 is 19.2. The minimum Gasteiger partial charge on any atom is -0.388 e. The van der Waals surface area contributed by atoms with Crippen LogP contribution in [0.3, 0.4) is 0 Å². The lowest BCUT2D eigenvalue weighted by Crippen LogP contribution is -2.24. The van der Waals surface area contributed by atoms with Gasteiger partial charge in [-0.2, -0.15) is 0 Å². The molecule has 0 radical (unpaired) electrons. The number of aliphatic hydroxyl groups is 1. The van der Waals surface area contributed by atoms with Crippen molar-refractivity contribution >= 4 is 11.0 Å². The Hall–Kier alpha value is -0.750. The van der Waals surface area contributed by atoms with E-state index in [2.05, 4.69) is 0 Å². The molecule has 2 atom stereocenters.